The van der Waals surface area contributed by atoms with Gasteiger partial charge >= 0.3 is 5.97 Å². The molecule has 13 heteroatoms. The summed E-state index contributed by atoms with van der Waals surface area (Å²) in [5.74, 6) is -3.17. The van der Waals surface area contributed by atoms with Crippen LogP contribution in [0.25, 0.3) is 0 Å². The molecule has 0 aromatic carbocycles. The zero-order valence-electron chi connectivity index (χ0n) is 25.0. The van der Waals surface area contributed by atoms with E-state index in [4.69, 9.17) is 14.2 Å². The molecule has 4 heterocycles. The van der Waals surface area contributed by atoms with Crippen LogP contribution < -0.4 is 5.32 Å². The van der Waals surface area contributed by atoms with E-state index >= 15 is 0 Å². The summed E-state index contributed by atoms with van der Waals surface area (Å²) in [5.41, 5.74) is -1.22. The highest BCUT2D eigenvalue weighted by Gasteiger charge is 2.77. The van der Waals surface area contributed by atoms with Gasteiger partial charge in [0.1, 0.15) is 17.7 Å². The smallest absolute Gasteiger partial charge is 0.312 e. The number of hydrogen-bond acceptors (Lipinski definition) is 9. The molecule has 12 nitrogen and oxygen atoms in total. The number of esters is 1. The summed E-state index contributed by atoms with van der Waals surface area (Å²) in [7, 11) is 0. The molecule has 4 fully saturated rings. The Hall–Kier alpha value is -2.32. The standard InChI is InChI=1S/C30H45BrN4O8/c1-4-6-8-22(37)32-19-20(3)42-29(40)23-24-27(38)35(10-7-15-36)26(30(24)18-21(31)25(23)43-30)28(39)34(9-5-2)12-11-33-13-16-41-17-14-33/h4-5,20-21,23-26,36H,1-2,6-19H2,3H3,(H,32,37)/t20-,21?,23+,24-,25+,26+,30-/m0/s1. The van der Waals surface area contributed by atoms with Gasteiger partial charge in [-0.1, -0.05) is 28.1 Å². The van der Waals surface area contributed by atoms with E-state index in [1.165, 1.54) is 4.90 Å². The number of ether oxygens (including phenoxy) is 3. The number of allylic oxidation sites excluding steroid dienone is 1. The Balaban J connectivity index is 1.54. The van der Waals surface area contributed by atoms with Crippen molar-refractivity contribution in [3.63, 3.8) is 0 Å². The number of nitrogens with zero attached hydrogens (tertiary/aromatic N) is 3. The number of aliphatic hydroxyl groups is 1. The van der Waals surface area contributed by atoms with Crippen LogP contribution in [0.15, 0.2) is 25.3 Å². The zero-order chi connectivity index (χ0) is 31.1. The van der Waals surface area contributed by atoms with Crippen LogP contribution in [0.4, 0.5) is 0 Å². The van der Waals surface area contributed by atoms with E-state index in [9.17, 15) is 24.3 Å². The van der Waals surface area contributed by atoms with E-state index in [1.807, 2.05) is 0 Å². The van der Waals surface area contributed by atoms with Crippen molar-refractivity contribution in [2.75, 3.05) is 65.6 Å². The van der Waals surface area contributed by atoms with Crippen LogP contribution in [-0.4, -0.2) is 138 Å². The molecule has 4 rings (SSSR count). The van der Waals surface area contributed by atoms with Crippen molar-refractivity contribution in [2.24, 2.45) is 11.8 Å². The first kappa shape index (κ1) is 33.6. The van der Waals surface area contributed by atoms with Crippen molar-refractivity contribution in [3.05, 3.63) is 25.3 Å². The van der Waals surface area contributed by atoms with Gasteiger partial charge in [0.2, 0.25) is 17.7 Å². The highest BCUT2D eigenvalue weighted by Crippen LogP contribution is 2.60. The maximum atomic E-state index is 14.4. The van der Waals surface area contributed by atoms with Crippen molar-refractivity contribution < 1.29 is 38.5 Å². The third-order valence-electron chi connectivity index (χ3n) is 8.78. The molecule has 2 bridgehead atoms. The van der Waals surface area contributed by atoms with Crippen molar-refractivity contribution in [1.82, 2.24) is 20.0 Å². The van der Waals surface area contributed by atoms with E-state index in [2.05, 4.69) is 39.3 Å². The minimum absolute atomic E-state index is 0.130. The summed E-state index contributed by atoms with van der Waals surface area (Å²) in [4.78, 5) is 59.2. The Kier molecular flexibility index (Phi) is 11.8. The largest absolute Gasteiger partial charge is 0.460 e. The maximum Gasteiger partial charge on any atom is 0.312 e. The fourth-order valence-electron chi connectivity index (χ4n) is 6.76. The SMILES string of the molecule is C=CCCC(=O)NC[C@H](C)OC(=O)[C@H]1[C@@H]2O[C@@]3(CC2Br)[C@@H]1C(=O)N(CCCO)[C@@H]3C(=O)N(CC=C)CCN1CCOCC1. The maximum absolute atomic E-state index is 14.4. The van der Waals surface area contributed by atoms with Gasteiger partial charge in [0.15, 0.2) is 0 Å². The number of morpholine rings is 1. The summed E-state index contributed by atoms with van der Waals surface area (Å²) >= 11 is 3.67. The van der Waals surface area contributed by atoms with Crippen LogP contribution in [0, 0.1) is 11.8 Å². The molecule has 3 amide bonds. The minimum Gasteiger partial charge on any atom is -0.460 e. The number of nitrogens with one attached hydrogen (secondary N) is 1. The summed E-state index contributed by atoms with van der Waals surface area (Å²) in [6.45, 7) is 13.5. The highest BCUT2D eigenvalue weighted by molar-refractivity contribution is 9.09. The van der Waals surface area contributed by atoms with Gasteiger partial charge in [-0.3, -0.25) is 24.1 Å². The Labute approximate surface area is 261 Å². The number of rotatable bonds is 16. The van der Waals surface area contributed by atoms with Crippen LogP contribution >= 0.6 is 15.9 Å². The van der Waals surface area contributed by atoms with E-state index < -0.39 is 41.7 Å². The first-order valence-electron chi connectivity index (χ1n) is 15.2. The van der Waals surface area contributed by atoms with Crippen LogP contribution in [0.1, 0.15) is 32.6 Å². The molecule has 1 spiro atoms. The van der Waals surface area contributed by atoms with Crippen molar-refractivity contribution >= 4 is 39.6 Å². The zero-order valence-corrected chi connectivity index (χ0v) is 26.5. The first-order chi connectivity index (χ1) is 20.7. The number of alkyl halides is 1. The van der Waals surface area contributed by atoms with Crippen LogP contribution in [0.3, 0.4) is 0 Å². The molecule has 7 atom stereocenters. The molecule has 4 saturated heterocycles. The van der Waals surface area contributed by atoms with Gasteiger partial charge in [-0.25, -0.2) is 0 Å². The van der Waals surface area contributed by atoms with Gasteiger partial charge in [0.25, 0.3) is 0 Å². The lowest BCUT2D eigenvalue weighted by molar-refractivity contribution is -0.159. The summed E-state index contributed by atoms with van der Waals surface area (Å²) < 4.78 is 17.7. The van der Waals surface area contributed by atoms with Crippen molar-refractivity contribution in [1.29, 1.82) is 0 Å². The fourth-order valence-corrected chi connectivity index (χ4v) is 7.71. The van der Waals surface area contributed by atoms with Crippen molar-refractivity contribution in [2.45, 2.75) is 61.3 Å². The molecule has 4 aliphatic heterocycles. The van der Waals surface area contributed by atoms with E-state index in [0.717, 1.165) is 13.1 Å². The second kappa shape index (κ2) is 15.1. The molecule has 0 aromatic rings. The van der Waals surface area contributed by atoms with Gasteiger partial charge in [0.05, 0.1) is 37.7 Å². The van der Waals surface area contributed by atoms with Gasteiger partial charge in [-0.2, -0.15) is 0 Å². The number of fused-ring (bicyclic) bond motifs is 1. The molecule has 2 N–H and O–H groups in total. The minimum atomic E-state index is -1.22. The lowest BCUT2D eigenvalue weighted by Gasteiger charge is -2.38. The quantitative estimate of drug-likeness (QED) is 0.137. The monoisotopic (exact) mass is 668 g/mol. The lowest BCUT2D eigenvalue weighted by Crippen LogP contribution is -2.57. The predicted octanol–water partition coefficient (Wildman–Crippen LogP) is 0.478. The van der Waals surface area contributed by atoms with Crippen LogP contribution in [0.2, 0.25) is 0 Å². The number of carbonyl (C=O) groups excluding carboxylic acids is 4. The Bertz CT molecular complexity index is 1060. The molecule has 0 aromatic heterocycles. The van der Waals surface area contributed by atoms with Gasteiger partial charge in [-0.15, -0.1) is 13.2 Å². The number of likely N-dealkylation sites (tertiary alicyclic amines) is 1. The number of amides is 3. The molecule has 43 heavy (non-hydrogen) atoms. The molecule has 0 saturated carbocycles. The van der Waals surface area contributed by atoms with Crippen LogP contribution in [0.5, 0.6) is 0 Å². The Morgan fingerprint density at radius 1 is 1.26 bits per heavy atom. The number of hydrogen-bond donors (Lipinski definition) is 2. The molecular weight excluding hydrogens is 624 g/mol. The van der Waals surface area contributed by atoms with E-state index in [1.54, 1.807) is 24.0 Å². The molecule has 240 valence electrons. The van der Waals surface area contributed by atoms with Crippen LogP contribution in [-0.2, 0) is 33.4 Å². The second-order valence-electron chi connectivity index (χ2n) is 11.7. The van der Waals surface area contributed by atoms with E-state index in [0.29, 0.717) is 52.1 Å². The Morgan fingerprint density at radius 2 is 2.00 bits per heavy atom. The number of carbonyl (C=O) groups is 4. The number of halogens is 1. The average Bonchev–Trinajstić information content (AvgIpc) is 3.59. The fraction of sp³-hybridized carbons (Fsp3) is 0.733. The first-order valence-corrected chi connectivity index (χ1v) is 16.1. The Morgan fingerprint density at radius 3 is 2.67 bits per heavy atom. The summed E-state index contributed by atoms with van der Waals surface area (Å²) in [6.07, 6.45) is 3.55. The van der Waals surface area contributed by atoms with Crippen molar-refractivity contribution in [3.8, 4) is 0 Å². The molecule has 0 radical (unpaired) electrons. The summed E-state index contributed by atoms with van der Waals surface area (Å²) in [6, 6.07) is -0.953. The second-order valence-corrected chi connectivity index (χ2v) is 12.9. The molecule has 1 unspecified atom stereocenters. The third-order valence-corrected chi connectivity index (χ3v) is 9.63. The summed E-state index contributed by atoms with van der Waals surface area (Å²) in [5, 5.41) is 12.4. The third kappa shape index (κ3) is 7.16. The molecule has 4 aliphatic rings. The average molecular weight is 670 g/mol. The molecular formula is C30H45BrN4O8. The normalized spacial score (nSPS) is 30.5. The van der Waals surface area contributed by atoms with Gasteiger partial charge in [-0.05, 0) is 26.2 Å². The predicted molar refractivity (Wildman–Crippen MR) is 161 cm³/mol. The lowest BCUT2D eigenvalue weighted by atomic mass is 9.70. The topological polar surface area (TPSA) is 138 Å². The van der Waals surface area contributed by atoms with Gasteiger partial charge < -0.3 is 34.4 Å². The van der Waals surface area contributed by atoms with E-state index in [-0.39, 0.29) is 48.7 Å². The number of aliphatic hydroxyl groups excluding tert-OH is 1. The van der Waals surface area contributed by atoms with Gasteiger partial charge in [0, 0.05) is 57.1 Å². The highest BCUT2D eigenvalue weighted by atomic mass is 79.9. The molecule has 0 aliphatic carbocycles.